The van der Waals surface area contributed by atoms with Crippen LogP contribution in [0.1, 0.15) is 55.8 Å². The van der Waals surface area contributed by atoms with Gasteiger partial charge in [0.1, 0.15) is 12.7 Å². The van der Waals surface area contributed by atoms with Crippen LogP contribution in [0.25, 0.3) is 0 Å². The lowest BCUT2D eigenvalue weighted by Gasteiger charge is -2.33. The fraction of sp³-hybridized carbons (Fsp3) is 0.370. The van der Waals surface area contributed by atoms with Crippen LogP contribution in [0.4, 0.5) is 0 Å². The summed E-state index contributed by atoms with van der Waals surface area (Å²) in [6.45, 7) is 1.81. The highest BCUT2D eigenvalue weighted by Crippen LogP contribution is 2.38. The summed E-state index contributed by atoms with van der Waals surface area (Å²) in [7, 11) is 1.59. The highest BCUT2D eigenvalue weighted by molar-refractivity contribution is 6.42. The fourth-order valence-electron chi connectivity index (χ4n) is 4.18. The number of benzene rings is 2. The van der Waals surface area contributed by atoms with E-state index in [1.54, 1.807) is 32.2 Å². The average Bonchev–Trinajstić information content (AvgIpc) is 2.85. The lowest BCUT2D eigenvalue weighted by molar-refractivity contribution is -0.130. The summed E-state index contributed by atoms with van der Waals surface area (Å²) < 4.78 is 16.7. The second kappa shape index (κ2) is 12.5. The standard InChI is InChI=1S/C27H27Cl2NO4/c1-4-14-33-24-13-11-18(17-25(24)32-3)20-8-6-7-9-23(20)30-27(31)26(34-15-5-2)19-10-12-21(28)22(29)16-19/h1,10-13,16-17,20,23,26H,6-9,14H2,2-3H3,(H,30,31)/t20-,23+,26?/m0/s1. The van der Waals surface area contributed by atoms with E-state index in [1.807, 2.05) is 18.2 Å². The first-order chi connectivity index (χ1) is 16.5. The summed E-state index contributed by atoms with van der Waals surface area (Å²) in [5.74, 6) is 6.16. The fourth-order valence-corrected chi connectivity index (χ4v) is 4.49. The maximum Gasteiger partial charge on any atom is 0.267 e. The molecule has 1 N–H and O–H groups in total. The molecule has 1 aliphatic rings. The molecule has 3 atom stereocenters. The third-order valence-corrected chi connectivity index (χ3v) is 6.52. The molecule has 1 fully saturated rings. The number of hydrogen-bond acceptors (Lipinski definition) is 4. The molecule has 1 unspecified atom stereocenters. The van der Waals surface area contributed by atoms with Crippen LogP contribution in [0, 0.1) is 24.4 Å². The van der Waals surface area contributed by atoms with Gasteiger partial charge in [-0.05, 0) is 42.7 Å². The number of carbonyl (C=O) groups is 1. The summed E-state index contributed by atoms with van der Waals surface area (Å²) in [6.07, 6.45) is 10.8. The minimum atomic E-state index is -0.932. The molecule has 0 aromatic heterocycles. The van der Waals surface area contributed by atoms with E-state index in [0.717, 1.165) is 31.2 Å². The Hall–Kier alpha value is -2.99. The summed E-state index contributed by atoms with van der Waals surface area (Å²) in [4.78, 5) is 13.3. The number of ether oxygens (including phenoxy) is 3. The summed E-state index contributed by atoms with van der Waals surface area (Å²) in [6, 6.07) is 10.7. The Bertz CT molecular complexity index is 1120. The quantitative estimate of drug-likeness (QED) is 0.459. The van der Waals surface area contributed by atoms with Gasteiger partial charge in [-0.25, -0.2) is 0 Å². The minimum Gasteiger partial charge on any atom is -0.493 e. The van der Waals surface area contributed by atoms with Gasteiger partial charge in [0, 0.05) is 24.4 Å². The molecule has 1 saturated carbocycles. The zero-order valence-electron chi connectivity index (χ0n) is 19.2. The number of carbonyl (C=O) groups excluding carboxylic acids is 1. The molecule has 5 nitrogen and oxygen atoms in total. The Kier molecular flexibility index (Phi) is 9.40. The van der Waals surface area contributed by atoms with Crippen LogP contribution >= 0.6 is 23.2 Å². The van der Waals surface area contributed by atoms with Gasteiger partial charge in [-0.3, -0.25) is 4.79 Å². The topological polar surface area (TPSA) is 56.8 Å². The van der Waals surface area contributed by atoms with E-state index < -0.39 is 6.10 Å². The van der Waals surface area contributed by atoms with E-state index in [2.05, 4.69) is 23.3 Å². The first-order valence-electron chi connectivity index (χ1n) is 11.0. The van der Waals surface area contributed by atoms with E-state index in [0.29, 0.717) is 27.1 Å². The number of methoxy groups -OCH3 is 1. The van der Waals surface area contributed by atoms with Gasteiger partial charge in [0.25, 0.3) is 5.91 Å². The molecule has 2 aromatic rings. The second-order valence-electron chi connectivity index (χ2n) is 7.93. The van der Waals surface area contributed by atoms with Crippen LogP contribution in [-0.2, 0) is 9.53 Å². The molecule has 0 spiro atoms. The van der Waals surface area contributed by atoms with Crippen molar-refractivity contribution in [3.05, 3.63) is 57.6 Å². The molecule has 0 heterocycles. The molecule has 0 bridgehead atoms. The van der Waals surface area contributed by atoms with Crippen LogP contribution in [0.5, 0.6) is 11.5 Å². The van der Waals surface area contributed by atoms with Crippen molar-refractivity contribution in [1.82, 2.24) is 5.32 Å². The summed E-state index contributed by atoms with van der Waals surface area (Å²) in [5.41, 5.74) is 1.65. The zero-order chi connectivity index (χ0) is 24.5. The molecule has 3 rings (SSSR count). The predicted octanol–water partition coefficient (Wildman–Crippen LogP) is 5.90. The number of rotatable bonds is 8. The largest absolute Gasteiger partial charge is 0.493 e. The average molecular weight is 500 g/mol. The van der Waals surface area contributed by atoms with Crippen molar-refractivity contribution in [2.75, 3.05) is 13.7 Å². The van der Waals surface area contributed by atoms with Crippen molar-refractivity contribution in [2.45, 2.75) is 50.7 Å². The molecule has 2 aromatic carbocycles. The molecule has 1 aliphatic carbocycles. The normalized spacial score (nSPS) is 18.0. The van der Waals surface area contributed by atoms with Crippen molar-refractivity contribution in [2.24, 2.45) is 0 Å². The van der Waals surface area contributed by atoms with Gasteiger partial charge in [-0.1, -0.05) is 60.0 Å². The number of terminal acetylenes is 1. The number of halogens is 2. The van der Waals surface area contributed by atoms with Gasteiger partial charge in [0.05, 0.1) is 17.2 Å². The van der Waals surface area contributed by atoms with Gasteiger partial charge in [0.2, 0.25) is 6.10 Å². The molecule has 0 radical (unpaired) electrons. The Morgan fingerprint density at radius 1 is 1.15 bits per heavy atom. The maximum atomic E-state index is 13.3. The van der Waals surface area contributed by atoms with Gasteiger partial charge in [0.15, 0.2) is 11.5 Å². The smallest absolute Gasteiger partial charge is 0.267 e. The SMILES string of the molecule is C#CCOc1ccc([C@@H]2CCCC[C@H]2NC(=O)C(OC#CC)c2ccc(Cl)c(Cl)c2)cc1OC. The second-order valence-corrected chi connectivity index (χ2v) is 8.75. The van der Waals surface area contributed by atoms with E-state index in [1.165, 1.54) is 0 Å². The van der Waals surface area contributed by atoms with E-state index in [-0.39, 0.29) is 24.5 Å². The molecular formula is C27H27Cl2NO4. The van der Waals surface area contributed by atoms with Crippen LogP contribution in [0.15, 0.2) is 36.4 Å². The summed E-state index contributed by atoms with van der Waals surface area (Å²) >= 11 is 12.2. The number of hydrogen-bond donors (Lipinski definition) is 1. The first kappa shape index (κ1) is 25.6. The van der Waals surface area contributed by atoms with Crippen LogP contribution in [-0.4, -0.2) is 25.7 Å². The third kappa shape index (κ3) is 6.32. The zero-order valence-corrected chi connectivity index (χ0v) is 20.7. The number of amides is 1. The summed E-state index contributed by atoms with van der Waals surface area (Å²) in [5, 5.41) is 3.94. The lowest BCUT2D eigenvalue weighted by Crippen LogP contribution is -2.43. The van der Waals surface area contributed by atoms with Gasteiger partial charge in [-0.2, -0.15) is 0 Å². The van der Waals surface area contributed by atoms with Crippen molar-refractivity contribution in [1.29, 1.82) is 0 Å². The van der Waals surface area contributed by atoms with Crippen LogP contribution in [0.2, 0.25) is 10.0 Å². The molecule has 0 aliphatic heterocycles. The van der Waals surface area contributed by atoms with E-state index >= 15 is 0 Å². The van der Waals surface area contributed by atoms with Crippen molar-refractivity contribution in [3.8, 4) is 35.9 Å². The lowest BCUT2D eigenvalue weighted by atomic mass is 9.79. The molecule has 1 amide bonds. The van der Waals surface area contributed by atoms with Crippen LogP contribution < -0.4 is 14.8 Å². The third-order valence-electron chi connectivity index (χ3n) is 5.78. The van der Waals surface area contributed by atoms with Crippen LogP contribution in [0.3, 0.4) is 0 Å². The van der Waals surface area contributed by atoms with Crippen molar-refractivity contribution in [3.63, 3.8) is 0 Å². The van der Waals surface area contributed by atoms with Crippen molar-refractivity contribution >= 4 is 29.1 Å². The highest BCUT2D eigenvalue weighted by atomic mass is 35.5. The maximum absolute atomic E-state index is 13.3. The Morgan fingerprint density at radius 3 is 2.65 bits per heavy atom. The van der Waals surface area contributed by atoms with E-state index in [9.17, 15) is 4.79 Å². The Morgan fingerprint density at radius 2 is 1.94 bits per heavy atom. The number of nitrogens with one attached hydrogen (secondary N) is 1. The highest BCUT2D eigenvalue weighted by Gasteiger charge is 2.32. The molecule has 7 heteroatoms. The van der Waals surface area contributed by atoms with E-state index in [4.69, 9.17) is 43.8 Å². The Labute approximate surface area is 211 Å². The van der Waals surface area contributed by atoms with Crippen molar-refractivity contribution < 1.29 is 19.0 Å². The first-order valence-corrected chi connectivity index (χ1v) is 11.8. The Balaban J connectivity index is 1.83. The monoisotopic (exact) mass is 499 g/mol. The predicted molar refractivity (Wildman–Crippen MR) is 134 cm³/mol. The molecular weight excluding hydrogens is 473 g/mol. The molecule has 34 heavy (non-hydrogen) atoms. The molecule has 0 saturated heterocycles. The van der Waals surface area contributed by atoms with Gasteiger partial charge < -0.3 is 19.5 Å². The molecule has 178 valence electrons. The van der Waals surface area contributed by atoms with Gasteiger partial charge >= 0.3 is 0 Å². The minimum absolute atomic E-state index is 0.0770. The van der Waals surface area contributed by atoms with Gasteiger partial charge in [-0.15, -0.1) is 6.42 Å².